The second kappa shape index (κ2) is 4.22. The fraction of sp³-hybridized carbons (Fsp3) is 0.250. The zero-order valence-electron chi connectivity index (χ0n) is 9.17. The smallest absolute Gasteiger partial charge is 0.171 e. The molecule has 2 rings (SSSR count). The van der Waals surface area contributed by atoms with Gasteiger partial charge in [0.05, 0.1) is 6.04 Å². The zero-order valence-corrected chi connectivity index (χ0v) is 9.99. The van der Waals surface area contributed by atoms with E-state index in [4.69, 9.17) is 12.2 Å². The maximum absolute atomic E-state index is 13.7. The summed E-state index contributed by atoms with van der Waals surface area (Å²) in [5.41, 5.74) is 2.67. The van der Waals surface area contributed by atoms with Crippen LogP contribution in [0.5, 0.6) is 0 Å². The third kappa shape index (κ3) is 1.93. The highest BCUT2D eigenvalue weighted by molar-refractivity contribution is 7.80. The highest BCUT2D eigenvalue weighted by Gasteiger charge is 2.23. The minimum Gasteiger partial charge on any atom is -0.352 e. The van der Waals surface area contributed by atoms with Crippen LogP contribution in [-0.4, -0.2) is 5.11 Å². The maximum atomic E-state index is 13.7. The molecular formula is C12H13FN2S. The third-order valence-electron chi connectivity index (χ3n) is 2.82. The Hall–Kier alpha value is -1.42. The van der Waals surface area contributed by atoms with E-state index in [1.54, 1.807) is 12.1 Å². The van der Waals surface area contributed by atoms with Crippen molar-refractivity contribution in [1.29, 1.82) is 0 Å². The van der Waals surface area contributed by atoms with Gasteiger partial charge in [0.15, 0.2) is 5.11 Å². The normalized spacial score (nSPS) is 20.4. The topological polar surface area (TPSA) is 24.1 Å². The standard InChI is InChI=1S/C12H13FN2S/c1-7-8(2)14-12(16)15-11(7)9-5-3-4-6-10(9)13/h3-6,11H,1-2H3,(H2,14,15,16). The molecule has 1 atom stereocenters. The number of hydrogen-bond donors (Lipinski definition) is 2. The van der Waals surface area contributed by atoms with Crippen LogP contribution >= 0.6 is 12.2 Å². The van der Waals surface area contributed by atoms with Crippen molar-refractivity contribution in [2.75, 3.05) is 0 Å². The summed E-state index contributed by atoms with van der Waals surface area (Å²) in [5.74, 6) is -0.211. The first-order chi connectivity index (χ1) is 7.59. The van der Waals surface area contributed by atoms with Crippen molar-refractivity contribution >= 4 is 17.3 Å². The van der Waals surface area contributed by atoms with Gasteiger partial charge in [-0.25, -0.2) is 4.39 Å². The van der Waals surface area contributed by atoms with Crippen LogP contribution in [0.3, 0.4) is 0 Å². The van der Waals surface area contributed by atoms with Crippen LogP contribution in [-0.2, 0) is 0 Å². The van der Waals surface area contributed by atoms with Gasteiger partial charge >= 0.3 is 0 Å². The highest BCUT2D eigenvalue weighted by atomic mass is 32.1. The lowest BCUT2D eigenvalue weighted by molar-refractivity contribution is 0.577. The van der Waals surface area contributed by atoms with E-state index in [2.05, 4.69) is 10.6 Å². The fourth-order valence-electron chi connectivity index (χ4n) is 1.78. The maximum Gasteiger partial charge on any atom is 0.171 e. The van der Waals surface area contributed by atoms with Gasteiger partial charge in [-0.15, -0.1) is 0 Å². The Kier molecular flexibility index (Phi) is 2.92. The summed E-state index contributed by atoms with van der Waals surface area (Å²) in [5, 5.41) is 6.64. The van der Waals surface area contributed by atoms with E-state index >= 15 is 0 Å². The van der Waals surface area contributed by atoms with E-state index in [9.17, 15) is 4.39 Å². The highest BCUT2D eigenvalue weighted by Crippen LogP contribution is 2.27. The molecule has 0 aromatic heterocycles. The van der Waals surface area contributed by atoms with Crippen molar-refractivity contribution in [2.24, 2.45) is 0 Å². The molecular weight excluding hydrogens is 223 g/mol. The van der Waals surface area contributed by atoms with Crippen molar-refractivity contribution in [3.63, 3.8) is 0 Å². The Morgan fingerprint density at radius 1 is 1.25 bits per heavy atom. The number of halogens is 1. The largest absolute Gasteiger partial charge is 0.352 e. The van der Waals surface area contributed by atoms with Gasteiger partial charge in [-0.3, -0.25) is 0 Å². The Morgan fingerprint density at radius 2 is 1.94 bits per heavy atom. The van der Waals surface area contributed by atoms with Gasteiger partial charge in [-0.2, -0.15) is 0 Å². The van der Waals surface area contributed by atoms with E-state index in [1.807, 2.05) is 19.9 Å². The number of rotatable bonds is 1. The molecule has 4 heteroatoms. The molecule has 0 fully saturated rings. The molecule has 1 unspecified atom stereocenters. The summed E-state index contributed by atoms with van der Waals surface area (Å²) in [6, 6.07) is 6.58. The summed E-state index contributed by atoms with van der Waals surface area (Å²) in [7, 11) is 0. The number of nitrogens with one attached hydrogen (secondary N) is 2. The second-order valence-corrected chi connectivity index (χ2v) is 4.27. The third-order valence-corrected chi connectivity index (χ3v) is 3.04. The van der Waals surface area contributed by atoms with Crippen LogP contribution in [0.1, 0.15) is 25.5 Å². The van der Waals surface area contributed by atoms with Gasteiger partial charge in [0.2, 0.25) is 0 Å². The molecule has 1 aliphatic heterocycles. The number of benzene rings is 1. The molecule has 84 valence electrons. The first-order valence-electron chi connectivity index (χ1n) is 5.09. The van der Waals surface area contributed by atoms with E-state index in [-0.39, 0.29) is 11.9 Å². The lowest BCUT2D eigenvalue weighted by Crippen LogP contribution is -2.42. The molecule has 1 aromatic carbocycles. The molecule has 0 spiro atoms. The SMILES string of the molecule is CC1=C(C)C(c2ccccc2F)NC(=S)N1. The van der Waals surface area contributed by atoms with Crippen LogP contribution in [0.4, 0.5) is 4.39 Å². The van der Waals surface area contributed by atoms with Crippen molar-refractivity contribution in [1.82, 2.24) is 10.6 Å². The van der Waals surface area contributed by atoms with Crippen LogP contribution in [0.2, 0.25) is 0 Å². The predicted molar refractivity (Wildman–Crippen MR) is 66.4 cm³/mol. The van der Waals surface area contributed by atoms with Gasteiger partial charge in [0.1, 0.15) is 5.82 Å². The van der Waals surface area contributed by atoms with Gasteiger partial charge in [-0.05, 0) is 37.7 Å². The van der Waals surface area contributed by atoms with Gasteiger partial charge < -0.3 is 10.6 Å². The minimum absolute atomic E-state index is 0.171. The van der Waals surface area contributed by atoms with E-state index in [1.165, 1.54) is 6.07 Å². The second-order valence-electron chi connectivity index (χ2n) is 3.86. The first kappa shape index (κ1) is 11.1. The molecule has 0 amide bonds. The van der Waals surface area contributed by atoms with E-state index in [0.29, 0.717) is 10.7 Å². The summed E-state index contributed by atoms with van der Waals surface area (Å²) < 4.78 is 13.7. The molecule has 0 bridgehead atoms. The van der Waals surface area contributed by atoms with Crippen LogP contribution in [0.15, 0.2) is 35.5 Å². The first-order valence-corrected chi connectivity index (χ1v) is 5.49. The molecule has 16 heavy (non-hydrogen) atoms. The Morgan fingerprint density at radius 3 is 2.62 bits per heavy atom. The molecule has 1 heterocycles. The molecule has 2 nitrogen and oxygen atoms in total. The van der Waals surface area contributed by atoms with E-state index in [0.717, 1.165) is 11.3 Å². The van der Waals surface area contributed by atoms with Gasteiger partial charge in [0.25, 0.3) is 0 Å². The molecule has 0 saturated heterocycles. The van der Waals surface area contributed by atoms with Gasteiger partial charge in [-0.1, -0.05) is 18.2 Å². The van der Waals surface area contributed by atoms with Crippen LogP contribution in [0, 0.1) is 5.82 Å². The monoisotopic (exact) mass is 236 g/mol. The number of hydrogen-bond acceptors (Lipinski definition) is 1. The fourth-order valence-corrected chi connectivity index (χ4v) is 2.05. The molecule has 0 saturated carbocycles. The number of allylic oxidation sites excluding steroid dienone is 1. The van der Waals surface area contributed by atoms with Crippen LogP contribution in [0.25, 0.3) is 0 Å². The lowest BCUT2D eigenvalue weighted by Gasteiger charge is -2.29. The van der Waals surface area contributed by atoms with E-state index < -0.39 is 0 Å². The molecule has 0 aliphatic carbocycles. The van der Waals surface area contributed by atoms with Crippen molar-refractivity contribution in [2.45, 2.75) is 19.9 Å². The summed E-state index contributed by atoms with van der Waals surface area (Å²) in [4.78, 5) is 0. The average molecular weight is 236 g/mol. The Balaban J connectivity index is 2.45. The van der Waals surface area contributed by atoms with Crippen LogP contribution < -0.4 is 10.6 Å². The quantitative estimate of drug-likeness (QED) is 0.733. The van der Waals surface area contributed by atoms with Crippen molar-refractivity contribution in [3.8, 4) is 0 Å². The zero-order chi connectivity index (χ0) is 11.7. The lowest BCUT2D eigenvalue weighted by atomic mass is 9.97. The van der Waals surface area contributed by atoms with Crippen molar-refractivity contribution < 1.29 is 4.39 Å². The minimum atomic E-state index is -0.211. The Labute approximate surface area is 99.5 Å². The average Bonchev–Trinajstić information content (AvgIpc) is 2.24. The number of thiocarbonyl (C=S) groups is 1. The molecule has 0 radical (unpaired) electrons. The molecule has 1 aromatic rings. The van der Waals surface area contributed by atoms with Gasteiger partial charge in [0, 0.05) is 11.3 Å². The summed E-state index contributed by atoms with van der Waals surface area (Å²) in [6.45, 7) is 3.91. The summed E-state index contributed by atoms with van der Waals surface area (Å²) in [6.07, 6.45) is 0. The summed E-state index contributed by atoms with van der Waals surface area (Å²) >= 11 is 5.08. The Bertz CT molecular complexity index is 468. The molecule has 1 aliphatic rings. The molecule has 2 N–H and O–H groups in total. The predicted octanol–water partition coefficient (Wildman–Crippen LogP) is 2.64. The van der Waals surface area contributed by atoms with Crippen molar-refractivity contribution in [3.05, 3.63) is 46.9 Å².